The highest BCUT2D eigenvalue weighted by Crippen LogP contribution is 2.30. The smallest absolute Gasteiger partial charge is 0.263 e. The molecule has 0 atom stereocenters. The molecule has 0 aromatic heterocycles. The minimum Gasteiger partial charge on any atom is -0.495 e. The summed E-state index contributed by atoms with van der Waals surface area (Å²) in [5.41, 5.74) is 0.431. The van der Waals surface area contributed by atoms with Crippen LogP contribution >= 0.6 is 31.9 Å². The Morgan fingerprint density at radius 3 is 2.40 bits per heavy atom. The summed E-state index contributed by atoms with van der Waals surface area (Å²) in [6.45, 7) is 0. The first-order valence-electron chi connectivity index (χ1n) is 5.55. The fourth-order valence-corrected chi connectivity index (χ4v) is 4.06. The molecule has 0 heterocycles. The number of nitrogens with one attached hydrogen (secondary N) is 1. The van der Waals surface area contributed by atoms with Gasteiger partial charge in [0.25, 0.3) is 10.0 Å². The molecule has 106 valence electrons. The normalized spacial score (nSPS) is 11.2. The zero-order chi connectivity index (χ0) is 14.8. The lowest BCUT2D eigenvalue weighted by Gasteiger charge is -2.11. The molecule has 0 aliphatic heterocycles. The number of ether oxygens (including phenoxy) is 1. The number of sulfonamides is 1. The van der Waals surface area contributed by atoms with Crippen LogP contribution in [0.5, 0.6) is 5.75 Å². The van der Waals surface area contributed by atoms with Crippen molar-refractivity contribution in [1.29, 1.82) is 0 Å². The van der Waals surface area contributed by atoms with Crippen molar-refractivity contribution >= 4 is 47.6 Å². The second-order valence-corrected chi connectivity index (χ2v) is 7.24. The molecule has 7 heteroatoms. The number of halogens is 2. The standard InChI is InChI=1S/C13H11Br2NO3S/c1-19-12-8-9(6-7-10(12)14)16-20(17,18)13-5-3-2-4-11(13)15/h2-8,16H,1H3. The van der Waals surface area contributed by atoms with Gasteiger partial charge in [0, 0.05) is 10.5 Å². The molecule has 0 bridgehead atoms. The molecule has 4 nitrogen and oxygen atoms in total. The van der Waals surface area contributed by atoms with Gasteiger partial charge in [0.1, 0.15) is 10.6 Å². The number of hydrogen-bond acceptors (Lipinski definition) is 3. The van der Waals surface area contributed by atoms with Gasteiger partial charge >= 0.3 is 0 Å². The van der Waals surface area contributed by atoms with Crippen LogP contribution in [0, 0.1) is 0 Å². The Morgan fingerprint density at radius 1 is 1.05 bits per heavy atom. The summed E-state index contributed by atoms with van der Waals surface area (Å²) in [7, 11) is -2.13. The summed E-state index contributed by atoms with van der Waals surface area (Å²) in [4.78, 5) is 0.182. The van der Waals surface area contributed by atoms with Gasteiger partial charge in [-0.05, 0) is 56.1 Å². The van der Waals surface area contributed by atoms with Gasteiger partial charge in [-0.25, -0.2) is 8.42 Å². The molecule has 0 spiro atoms. The van der Waals surface area contributed by atoms with Gasteiger partial charge in [0.15, 0.2) is 0 Å². The van der Waals surface area contributed by atoms with Crippen LogP contribution in [0.15, 0.2) is 56.3 Å². The molecular weight excluding hydrogens is 410 g/mol. The van der Waals surface area contributed by atoms with Crippen molar-refractivity contribution in [2.45, 2.75) is 4.90 Å². The average molecular weight is 421 g/mol. The van der Waals surface area contributed by atoms with Crippen LogP contribution in [0.3, 0.4) is 0 Å². The Morgan fingerprint density at radius 2 is 1.75 bits per heavy atom. The number of rotatable bonds is 4. The van der Waals surface area contributed by atoms with Crippen molar-refractivity contribution in [2.24, 2.45) is 0 Å². The van der Waals surface area contributed by atoms with Crippen molar-refractivity contribution in [3.8, 4) is 5.75 Å². The second-order valence-electron chi connectivity index (χ2n) is 3.89. The zero-order valence-corrected chi connectivity index (χ0v) is 14.4. The molecule has 0 saturated heterocycles. The first kappa shape index (κ1) is 15.3. The van der Waals surface area contributed by atoms with E-state index in [0.29, 0.717) is 15.9 Å². The summed E-state index contributed by atoms with van der Waals surface area (Å²) in [6, 6.07) is 11.6. The van der Waals surface area contributed by atoms with Crippen LogP contribution in [0.2, 0.25) is 0 Å². The third-order valence-electron chi connectivity index (χ3n) is 2.53. The summed E-state index contributed by atoms with van der Waals surface area (Å²) in [5, 5.41) is 0. The number of methoxy groups -OCH3 is 1. The van der Waals surface area contributed by atoms with E-state index in [-0.39, 0.29) is 4.90 Å². The van der Waals surface area contributed by atoms with Crippen LogP contribution in [-0.4, -0.2) is 15.5 Å². The molecule has 0 fully saturated rings. The summed E-state index contributed by atoms with van der Waals surface area (Å²) < 4.78 is 33.5. The van der Waals surface area contributed by atoms with Crippen molar-refractivity contribution in [3.05, 3.63) is 51.4 Å². The third-order valence-corrected chi connectivity index (χ3v) is 5.58. The maximum absolute atomic E-state index is 12.3. The van der Waals surface area contributed by atoms with Crippen LogP contribution in [-0.2, 0) is 10.0 Å². The van der Waals surface area contributed by atoms with Crippen LogP contribution in [0.4, 0.5) is 5.69 Å². The molecular formula is C13H11Br2NO3S. The summed E-state index contributed by atoms with van der Waals surface area (Å²) >= 11 is 6.55. The predicted molar refractivity (Wildman–Crippen MR) is 85.6 cm³/mol. The van der Waals surface area contributed by atoms with Gasteiger partial charge in [-0.15, -0.1) is 0 Å². The van der Waals surface area contributed by atoms with Gasteiger partial charge in [0.2, 0.25) is 0 Å². The minimum atomic E-state index is -3.65. The summed E-state index contributed by atoms with van der Waals surface area (Å²) in [5.74, 6) is 0.553. The highest BCUT2D eigenvalue weighted by Gasteiger charge is 2.17. The minimum absolute atomic E-state index is 0.182. The highest BCUT2D eigenvalue weighted by molar-refractivity contribution is 9.10. The van der Waals surface area contributed by atoms with E-state index in [0.717, 1.165) is 4.47 Å². The largest absolute Gasteiger partial charge is 0.495 e. The van der Waals surface area contributed by atoms with Gasteiger partial charge < -0.3 is 4.74 Å². The molecule has 2 rings (SSSR count). The molecule has 0 aliphatic carbocycles. The highest BCUT2D eigenvalue weighted by atomic mass is 79.9. The topological polar surface area (TPSA) is 55.4 Å². The van der Waals surface area contributed by atoms with Crippen LogP contribution in [0.25, 0.3) is 0 Å². The first-order chi connectivity index (χ1) is 9.44. The lowest BCUT2D eigenvalue weighted by atomic mass is 10.3. The van der Waals surface area contributed by atoms with Crippen LogP contribution < -0.4 is 9.46 Å². The second kappa shape index (κ2) is 6.15. The van der Waals surface area contributed by atoms with E-state index in [9.17, 15) is 8.42 Å². The van der Waals surface area contributed by atoms with Gasteiger partial charge in [-0.2, -0.15) is 0 Å². The molecule has 1 N–H and O–H groups in total. The van der Waals surface area contributed by atoms with Crippen molar-refractivity contribution in [1.82, 2.24) is 0 Å². The van der Waals surface area contributed by atoms with Crippen molar-refractivity contribution < 1.29 is 13.2 Å². The van der Waals surface area contributed by atoms with Crippen molar-refractivity contribution in [2.75, 3.05) is 11.8 Å². The predicted octanol–water partition coefficient (Wildman–Crippen LogP) is 4.02. The molecule has 0 unspecified atom stereocenters. The molecule has 20 heavy (non-hydrogen) atoms. The molecule has 0 saturated carbocycles. The Hall–Kier alpha value is -1.05. The number of hydrogen-bond donors (Lipinski definition) is 1. The monoisotopic (exact) mass is 419 g/mol. The SMILES string of the molecule is COc1cc(NS(=O)(=O)c2ccccc2Br)ccc1Br. The van der Waals surface area contributed by atoms with E-state index in [2.05, 4.69) is 36.6 Å². The van der Waals surface area contributed by atoms with Gasteiger partial charge in [0.05, 0.1) is 17.3 Å². The maximum Gasteiger partial charge on any atom is 0.263 e. The van der Waals surface area contributed by atoms with E-state index < -0.39 is 10.0 Å². The Labute approximate surface area is 134 Å². The zero-order valence-electron chi connectivity index (χ0n) is 10.4. The average Bonchev–Trinajstić information content (AvgIpc) is 2.41. The lowest BCUT2D eigenvalue weighted by Crippen LogP contribution is -2.13. The Balaban J connectivity index is 2.36. The van der Waals surface area contributed by atoms with Crippen molar-refractivity contribution in [3.63, 3.8) is 0 Å². The fraction of sp³-hybridized carbons (Fsp3) is 0.0769. The Bertz CT molecular complexity index is 732. The third kappa shape index (κ3) is 3.34. The molecule has 0 aliphatic rings. The number of benzene rings is 2. The van der Waals surface area contributed by atoms with E-state index >= 15 is 0 Å². The fourth-order valence-electron chi connectivity index (χ4n) is 1.60. The number of anilines is 1. The molecule has 0 amide bonds. The van der Waals surface area contributed by atoms with Gasteiger partial charge in [-0.1, -0.05) is 12.1 Å². The quantitative estimate of drug-likeness (QED) is 0.812. The summed E-state index contributed by atoms with van der Waals surface area (Å²) in [6.07, 6.45) is 0. The van der Waals surface area contributed by atoms with E-state index in [1.165, 1.54) is 13.2 Å². The maximum atomic E-state index is 12.3. The van der Waals surface area contributed by atoms with E-state index in [1.54, 1.807) is 36.4 Å². The van der Waals surface area contributed by atoms with Crippen LogP contribution in [0.1, 0.15) is 0 Å². The molecule has 0 radical (unpaired) electrons. The van der Waals surface area contributed by atoms with Gasteiger partial charge in [-0.3, -0.25) is 4.72 Å². The molecule has 2 aromatic rings. The first-order valence-corrected chi connectivity index (χ1v) is 8.62. The lowest BCUT2D eigenvalue weighted by molar-refractivity contribution is 0.412. The Kier molecular flexibility index (Phi) is 4.72. The van der Waals surface area contributed by atoms with E-state index in [4.69, 9.17) is 4.74 Å². The molecule has 2 aromatic carbocycles. The van der Waals surface area contributed by atoms with E-state index in [1.807, 2.05) is 0 Å².